The zero-order valence-corrected chi connectivity index (χ0v) is 7.95. The molecule has 7 heavy (non-hydrogen) atoms. The first-order valence-corrected chi connectivity index (χ1v) is 1.98. The van der Waals surface area contributed by atoms with Crippen molar-refractivity contribution in [2.75, 3.05) is 0 Å². The Labute approximate surface area is 63.5 Å². The van der Waals surface area contributed by atoms with E-state index < -0.39 is 0 Å². The molecule has 0 atom stereocenters. The average molecular weight is 168 g/mol. The van der Waals surface area contributed by atoms with Crippen LogP contribution in [0.2, 0.25) is 0 Å². The molecular weight excluding hydrogens is 161 g/mol. The van der Waals surface area contributed by atoms with Crippen LogP contribution in [0.4, 0.5) is 0 Å². The largest absolute Gasteiger partial charge is 2.00 e. The Hall–Kier alpha value is 0.523. The maximum Gasteiger partial charge on any atom is 2.00 e. The van der Waals surface area contributed by atoms with Gasteiger partial charge >= 0.3 is 19.5 Å². The predicted octanol–water partition coefficient (Wildman–Crippen LogP) is -1.46. The number of hydrogen-bond donors (Lipinski definition) is 0. The second-order valence-corrected chi connectivity index (χ2v) is 1.24. The molecule has 0 nitrogen and oxygen atoms in total. The molecule has 0 heterocycles. The van der Waals surface area contributed by atoms with Gasteiger partial charge in [0.15, 0.2) is 0 Å². The van der Waals surface area contributed by atoms with E-state index in [2.05, 4.69) is 18.6 Å². The average Bonchev–Trinajstić information content (AvgIpc) is 1.76. The van der Waals surface area contributed by atoms with Crippen LogP contribution in [0.5, 0.6) is 0 Å². The summed E-state index contributed by atoms with van der Waals surface area (Å²) in [5.74, 6) is 0. The Morgan fingerprint density at radius 3 is 2.29 bits per heavy atom. The van der Waals surface area contributed by atoms with Crippen molar-refractivity contribution in [2.24, 2.45) is 0 Å². The molecule has 0 aromatic carbocycles. The molecule has 0 fully saturated rings. The minimum Gasteiger partial charge on any atom is -1.00 e. The van der Waals surface area contributed by atoms with Gasteiger partial charge in [-0.3, -0.25) is 0 Å². The third kappa shape index (κ3) is 4.38. The van der Waals surface area contributed by atoms with Gasteiger partial charge in [0.05, 0.1) is 0 Å². The van der Waals surface area contributed by atoms with Crippen molar-refractivity contribution in [2.45, 2.75) is 12.8 Å². The normalized spacial score (nSPS) is 13.7. The summed E-state index contributed by atoms with van der Waals surface area (Å²) in [6, 6.07) is 0. The SMILES string of the molecule is C1=CCC[CH-]1.[Cl-].[Zn+2]. The van der Waals surface area contributed by atoms with Gasteiger partial charge in [0.1, 0.15) is 0 Å². The van der Waals surface area contributed by atoms with E-state index in [1.54, 1.807) is 0 Å². The molecule has 0 N–H and O–H groups in total. The predicted molar refractivity (Wildman–Crippen MR) is 22.7 cm³/mol. The molecule has 0 aromatic rings. The maximum absolute atomic E-state index is 2.18. The van der Waals surface area contributed by atoms with Gasteiger partial charge in [-0.05, 0) is 0 Å². The second kappa shape index (κ2) is 6.52. The van der Waals surface area contributed by atoms with Gasteiger partial charge in [0.25, 0.3) is 0 Å². The van der Waals surface area contributed by atoms with E-state index in [0.29, 0.717) is 0 Å². The monoisotopic (exact) mass is 166 g/mol. The van der Waals surface area contributed by atoms with E-state index in [9.17, 15) is 0 Å². The standard InChI is InChI=1S/C5H7.ClH.Zn/c1-2-4-5-3-1;;/h1-3H,4-5H2;1H;/q-1;;+2/p-1. The molecule has 1 rings (SSSR count). The van der Waals surface area contributed by atoms with Crippen LogP contribution < -0.4 is 12.4 Å². The Bertz CT molecular complexity index is 46.0. The Morgan fingerprint density at radius 1 is 1.43 bits per heavy atom. The van der Waals surface area contributed by atoms with Gasteiger partial charge in [0, 0.05) is 0 Å². The molecule has 0 amide bonds. The summed E-state index contributed by atoms with van der Waals surface area (Å²) in [6.45, 7) is 0. The fraction of sp³-hybridized carbons (Fsp3) is 0.400. The first-order chi connectivity index (χ1) is 2.50. The summed E-state index contributed by atoms with van der Waals surface area (Å²) < 4.78 is 0. The third-order valence-corrected chi connectivity index (χ3v) is 0.772. The molecule has 0 radical (unpaired) electrons. The van der Waals surface area contributed by atoms with Crippen LogP contribution in [-0.4, -0.2) is 0 Å². The zero-order valence-electron chi connectivity index (χ0n) is 4.23. The van der Waals surface area contributed by atoms with Crippen LogP contribution in [0.1, 0.15) is 12.8 Å². The van der Waals surface area contributed by atoms with Crippen LogP contribution in [0, 0.1) is 6.42 Å². The summed E-state index contributed by atoms with van der Waals surface area (Å²) in [7, 11) is 0. The van der Waals surface area contributed by atoms with Crippen LogP contribution in [-0.2, 0) is 19.5 Å². The third-order valence-electron chi connectivity index (χ3n) is 0.772. The fourth-order valence-electron chi connectivity index (χ4n) is 0.481. The molecule has 0 bridgehead atoms. The number of rotatable bonds is 0. The Kier molecular flexibility index (Phi) is 9.78. The smallest absolute Gasteiger partial charge is 1.00 e. The quantitative estimate of drug-likeness (QED) is 0.306. The molecule has 0 spiro atoms. The summed E-state index contributed by atoms with van der Waals surface area (Å²) in [5, 5.41) is 0. The minimum atomic E-state index is 0. The number of halogens is 1. The molecule has 36 valence electrons. The van der Waals surface area contributed by atoms with Gasteiger partial charge in [-0.2, -0.15) is 0 Å². The molecule has 1 aliphatic rings. The molecular formula is C5H7ClZn. The van der Waals surface area contributed by atoms with E-state index in [1.807, 2.05) is 0 Å². The fourth-order valence-corrected chi connectivity index (χ4v) is 0.481. The van der Waals surface area contributed by atoms with E-state index in [-0.39, 0.29) is 31.9 Å². The van der Waals surface area contributed by atoms with Gasteiger partial charge < -0.3 is 12.4 Å². The van der Waals surface area contributed by atoms with Gasteiger partial charge in [-0.25, -0.2) is 18.6 Å². The first kappa shape index (κ1) is 10.5. The number of allylic oxidation sites excluding steroid dienone is 2. The van der Waals surface area contributed by atoms with Gasteiger partial charge in [0.2, 0.25) is 0 Å². The van der Waals surface area contributed by atoms with Gasteiger partial charge in [-0.15, -0.1) is 12.8 Å². The summed E-state index contributed by atoms with van der Waals surface area (Å²) >= 11 is 0. The Morgan fingerprint density at radius 2 is 2.14 bits per heavy atom. The van der Waals surface area contributed by atoms with Crippen molar-refractivity contribution in [1.29, 1.82) is 0 Å². The molecule has 0 saturated heterocycles. The van der Waals surface area contributed by atoms with Crippen LogP contribution in [0.15, 0.2) is 12.2 Å². The molecule has 0 unspecified atom stereocenters. The van der Waals surface area contributed by atoms with Crippen molar-refractivity contribution < 1.29 is 31.9 Å². The van der Waals surface area contributed by atoms with E-state index in [1.165, 1.54) is 12.8 Å². The molecule has 2 heteroatoms. The second-order valence-electron chi connectivity index (χ2n) is 1.24. The molecule has 0 aliphatic heterocycles. The van der Waals surface area contributed by atoms with E-state index in [0.717, 1.165) is 0 Å². The van der Waals surface area contributed by atoms with Crippen molar-refractivity contribution in [3.63, 3.8) is 0 Å². The van der Waals surface area contributed by atoms with Crippen molar-refractivity contribution in [3.05, 3.63) is 18.6 Å². The molecule has 0 saturated carbocycles. The molecule has 0 aromatic heterocycles. The summed E-state index contributed by atoms with van der Waals surface area (Å²) in [6.07, 6.45) is 9.00. The minimum absolute atomic E-state index is 0. The van der Waals surface area contributed by atoms with Crippen molar-refractivity contribution in [1.82, 2.24) is 0 Å². The first-order valence-electron chi connectivity index (χ1n) is 1.98. The summed E-state index contributed by atoms with van der Waals surface area (Å²) in [4.78, 5) is 0. The van der Waals surface area contributed by atoms with Crippen LogP contribution in [0.25, 0.3) is 0 Å². The van der Waals surface area contributed by atoms with E-state index in [4.69, 9.17) is 0 Å². The molecule has 1 aliphatic carbocycles. The summed E-state index contributed by atoms with van der Waals surface area (Å²) in [5.41, 5.74) is 0. The zero-order chi connectivity index (χ0) is 3.54. The number of hydrogen-bond acceptors (Lipinski definition) is 0. The Balaban J connectivity index is 0. The van der Waals surface area contributed by atoms with E-state index >= 15 is 0 Å². The van der Waals surface area contributed by atoms with Crippen LogP contribution >= 0.6 is 0 Å². The topological polar surface area (TPSA) is 0 Å². The van der Waals surface area contributed by atoms with Crippen LogP contribution in [0.3, 0.4) is 0 Å². The van der Waals surface area contributed by atoms with Crippen molar-refractivity contribution >= 4 is 0 Å². The van der Waals surface area contributed by atoms with Crippen molar-refractivity contribution in [3.8, 4) is 0 Å². The van der Waals surface area contributed by atoms with Gasteiger partial charge in [-0.1, -0.05) is 0 Å². The maximum atomic E-state index is 2.18.